The van der Waals surface area contributed by atoms with E-state index in [1.807, 2.05) is 18.2 Å². The van der Waals surface area contributed by atoms with Crippen molar-refractivity contribution in [1.82, 2.24) is 14.8 Å². The predicted octanol–water partition coefficient (Wildman–Crippen LogP) is -0.345. The van der Waals surface area contributed by atoms with Crippen molar-refractivity contribution >= 4 is 16.7 Å². The summed E-state index contributed by atoms with van der Waals surface area (Å²) in [5.41, 5.74) is 9.81. The van der Waals surface area contributed by atoms with Crippen LogP contribution in [0.4, 0.5) is 0 Å². The summed E-state index contributed by atoms with van der Waals surface area (Å²) in [6.45, 7) is 0. The van der Waals surface area contributed by atoms with E-state index in [1.54, 1.807) is 6.07 Å². The number of phenolic OH excluding ortho intramolecular Hbond substituents is 1. The topological polar surface area (TPSA) is 50.9 Å². The summed E-state index contributed by atoms with van der Waals surface area (Å²) in [6, 6.07) is 11.4. The number of para-hydroxylation sites is 1. The van der Waals surface area contributed by atoms with E-state index in [0.717, 1.165) is 22.5 Å². The molecule has 0 atom stereocenters. The first-order chi connectivity index (χ1) is 11.2. The zero-order valence-electron chi connectivity index (χ0n) is 12.4. The summed E-state index contributed by atoms with van der Waals surface area (Å²) in [7, 11) is 0. The van der Waals surface area contributed by atoms with Crippen molar-refractivity contribution in [2.24, 2.45) is 5.92 Å². The molecule has 3 saturated carbocycles. The molecule has 3 aromatic rings. The molecule has 4 nitrogen and oxygen atoms in total. The van der Waals surface area contributed by atoms with E-state index in [0.29, 0.717) is 5.69 Å². The number of phenols is 1. The number of nitrogens with zero attached hydrogens (tertiary/aromatic N) is 3. The molecule has 2 heterocycles. The van der Waals surface area contributed by atoms with Gasteiger partial charge in [-0.2, -0.15) is 0 Å². The van der Waals surface area contributed by atoms with Gasteiger partial charge in [0, 0.05) is 0 Å². The zero-order chi connectivity index (χ0) is 15.6. The number of aromatic hydroxyl groups is 1. The van der Waals surface area contributed by atoms with E-state index in [1.165, 1.54) is 23.0 Å². The second-order valence-electron chi connectivity index (χ2n) is 6.63. The average Bonchev–Trinajstić information content (AvgIpc) is 2.83. The third-order valence-electron chi connectivity index (χ3n) is 5.28. The van der Waals surface area contributed by atoms with Crippen LogP contribution in [-0.4, -0.2) is 25.6 Å². The van der Waals surface area contributed by atoms with E-state index < -0.39 is 21.0 Å². The first-order valence-corrected chi connectivity index (χ1v) is 10.0. The summed E-state index contributed by atoms with van der Waals surface area (Å²) in [6.07, 6.45) is 3.80. The van der Waals surface area contributed by atoms with Gasteiger partial charge in [-0.25, -0.2) is 0 Å². The van der Waals surface area contributed by atoms with Crippen molar-refractivity contribution in [2.45, 2.75) is 24.8 Å². The van der Waals surface area contributed by atoms with Gasteiger partial charge < -0.3 is 0 Å². The zero-order valence-corrected chi connectivity index (χ0v) is 14.6. The van der Waals surface area contributed by atoms with Crippen molar-refractivity contribution in [2.75, 3.05) is 0 Å². The van der Waals surface area contributed by atoms with Crippen molar-refractivity contribution in [3.8, 4) is 17.0 Å². The van der Waals surface area contributed by atoms with E-state index >= 15 is 0 Å². The van der Waals surface area contributed by atoms with Gasteiger partial charge in [-0.3, -0.25) is 0 Å². The van der Waals surface area contributed by atoms with Crippen LogP contribution in [0.3, 0.4) is 0 Å². The van der Waals surface area contributed by atoms with Gasteiger partial charge in [0.2, 0.25) is 0 Å². The number of fused-ring (bicyclic) bond motifs is 1. The molecule has 114 valence electrons. The molecule has 1 N–H and O–H groups in total. The SMILES string of the molecule is [B][I-]c1cc2nnc(-c3ccccc3O)cc2n1C12CC(C1)C2. The van der Waals surface area contributed by atoms with Gasteiger partial charge in [0.1, 0.15) is 0 Å². The molecule has 2 bridgehead atoms. The van der Waals surface area contributed by atoms with Crippen molar-refractivity contribution in [1.29, 1.82) is 0 Å². The number of rotatable bonds is 3. The van der Waals surface area contributed by atoms with Crippen molar-refractivity contribution in [3.05, 3.63) is 40.1 Å². The Balaban J connectivity index is 1.73. The summed E-state index contributed by atoms with van der Waals surface area (Å²) in [5, 5.41) is 18.8. The molecular weight excluding hydrogens is 400 g/mol. The first kappa shape index (κ1) is 13.8. The van der Waals surface area contributed by atoms with Gasteiger partial charge in [-0.1, -0.05) is 0 Å². The van der Waals surface area contributed by atoms with Crippen LogP contribution >= 0.6 is 0 Å². The Morgan fingerprint density at radius 1 is 1.17 bits per heavy atom. The molecule has 0 spiro atoms. The van der Waals surface area contributed by atoms with Crippen LogP contribution in [0.1, 0.15) is 19.3 Å². The molecule has 23 heavy (non-hydrogen) atoms. The fourth-order valence-corrected chi connectivity index (χ4v) is 5.58. The van der Waals surface area contributed by atoms with E-state index in [2.05, 4.69) is 26.9 Å². The Morgan fingerprint density at radius 2 is 1.96 bits per heavy atom. The van der Waals surface area contributed by atoms with Gasteiger partial charge in [0.15, 0.2) is 0 Å². The van der Waals surface area contributed by atoms with Crippen LogP contribution in [0.25, 0.3) is 22.3 Å². The minimum absolute atomic E-state index is 0.233. The second-order valence-corrected chi connectivity index (χ2v) is 8.36. The Bertz CT molecular complexity index is 922. The molecule has 3 aliphatic carbocycles. The molecule has 3 aliphatic rings. The first-order valence-electron chi connectivity index (χ1n) is 7.72. The molecule has 6 heteroatoms. The van der Waals surface area contributed by atoms with E-state index in [4.69, 9.17) is 5.70 Å². The van der Waals surface area contributed by atoms with Crippen molar-refractivity contribution in [3.63, 3.8) is 0 Å². The Morgan fingerprint density at radius 3 is 2.61 bits per heavy atom. The molecule has 0 aliphatic heterocycles. The Hall–Kier alpha value is -1.57. The molecule has 1 aromatic carbocycles. The molecule has 0 saturated heterocycles. The van der Waals surface area contributed by atoms with Crippen LogP contribution in [0.15, 0.2) is 36.4 Å². The number of hydrogen-bond donors (Lipinski definition) is 1. The number of hydrogen-bond acceptors (Lipinski definition) is 3. The fourth-order valence-electron chi connectivity index (χ4n) is 4.06. The number of aromatic nitrogens is 3. The molecule has 0 amide bonds. The van der Waals surface area contributed by atoms with Crippen LogP contribution < -0.4 is 21.0 Å². The second kappa shape index (κ2) is 4.72. The minimum atomic E-state index is -0.500. The monoisotopic (exact) mass is 414 g/mol. The summed E-state index contributed by atoms with van der Waals surface area (Å²) in [4.78, 5) is 0. The maximum atomic E-state index is 10.1. The van der Waals surface area contributed by atoms with Gasteiger partial charge in [-0.05, 0) is 0 Å². The molecule has 2 radical (unpaired) electrons. The number of benzene rings is 1. The molecule has 2 aromatic heterocycles. The summed E-state index contributed by atoms with van der Waals surface area (Å²) in [5.74, 6) is 1.14. The summed E-state index contributed by atoms with van der Waals surface area (Å²) < 4.78 is 3.68. The van der Waals surface area contributed by atoms with Crippen LogP contribution in [0.2, 0.25) is 0 Å². The molecular formula is C17H14BIN3O-. The van der Waals surface area contributed by atoms with Crippen molar-refractivity contribution < 1.29 is 26.1 Å². The van der Waals surface area contributed by atoms with Crippen LogP contribution in [0.5, 0.6) is 5.75 Å². The Labute approximate surface area is 145 Å². The van der Waals surface area contributed by atoms with Gasteiger partial charge in [0.05, 0.1) is 0 Å². The Kier molecular flexibility index (Phi) is 2.84. The fraction of sp³-hybridized carbons (Fsp3) is 0.294. The molecule has 6 rings (SSSR count). The van der Waals surface area contributed by atoms with E-state index in [-0.39, 0.29) is 11.3 Å². The quantitative estimate of drug-likeness (QED) is 0.472. The molecule has 0 unspecified atom stereocenters. The normalized spacial score (nSPS) is 25.3. The third kappa shape index (κ3) is 1.84. The van der Waals surface area contributed by atoms with Gasteiger partial charge in [-0.15, -0.1) is 0 Å². The maximum absolute atomic E-state index is 10.1. The molecule has 3 fully saturated rings. The van der Waals surface area contributed by atoms with Gasteiger partial charge in [0.25, 0.3) is 0 Å². The predicted molar refractivity (Wildman–Crippen MR) is 84.4 cm³/mol. The number of halogens is 1. The van der Waals surface area contributed by atoms with Crippen LogP contribution in [0, 0.1) is 9.62 Å². The average molecular weight is 414 g/mol. The third-order valence-corrected chi connectivity index (χ3v) is 6.72. The van der Waals surface area contributed by atoms with E-state index in [9.17, 15) is 5.11 Å². The summed E-state index contributed by atoms with van der Waals surface area (Å²) >= 11 is -0.500. The standard InChI is InChI=1S/C17H14BIN3O/c18-19-16-6-13-14(22(16)17-7-10(8-17)9-17)5-12(20-21-13)11-3-1-2-4-15(11)23/h1-6,10,23H,7-9H2/q-1. The van der Waals surface area contributed by atoms with Crippen LogP contribution in [-0.2, 0) is 5.54 Å². The van der Waals surface area contributed by atoms with Gasteiger partial charge >= 0.3 is 145 Å².